The Labute approximate surface area is 83.3 Å². The zero-order chi connectivity index (χ0) is 10.8. The van der Waals surface area contributed by atoms with Crippen LogP contribution in [0.3, 0.4) is 0 Å². The highest BCUT2D eigenvalue weighted by Crippen LogP contribution is 2.08. The van der Waals surface area contributed by atoms with Crippen molar-refractivity contribution in [3.05, 3.63) is 12.3 Å². The summed E-state index contributed by atoms with van der Waals surface area (Å²) in [4.78, 5) is 10.5. The van der Waals surface area contributed by atoms with Crippen LogP contribution in [-0.4, -0.2) is 35.3 Å². The Morgan fingerprint density at radius 3 is 2.71 bits per heavy atom. The molecular formula is C8H14N2O3Si. The summed E-state index contributed by atoms with van der Waals surface area (Å²) in [6.07, 6.45) is 0.902. The molecule has 0 saturated carbocycles. The molecule has 0 aliphatic rings. The standard InChI is InChI=1S/C8H14N2O3Si/c1-14(2,3)6-13-7-4-5-10(9-7)8(11)12/h4-5H,6H2,1-3H3,(H,11,12). The van der Waals surface area contributed by atoms with Crippen molar-refractivity contribution in [2.45, 2.75) is 19.6 Å². The zero-order valence-electron chi connectivity index (χ0n) is 8.52. The molecule has 0 spiro atoms. The van der Waals surface area contributed by atoms with Crippen LogP contribution < -0.4 is 4.74 Å². The van der Waals surface area contributed by atoms with E-state index >= 15 is 0 Å². The first-order valence-electron chi connectivity index (χ1n) is 4.30. The third-order valence-electron chi connectivity index (χ3n) is 1.41. The molecule has 0 aromatic carbocycles. The van der Waals surface area contributed by atoms with Crippen molar-refractivity contribution in [1.29, 1.82) is 0 Å². The summed E-state index contributed by atoms with van der Waals surface area (Å²) in [6, 6.07) is 1.55. The molecule has 0 unspecified atom stereocenters. The van der Waals surface area contributed by atoms with Crippen LogP contribution in [0, 0.1) is 0 Å². The van der Waals surface area contributed by atoms with Crippen molar-refractivity contribution in [1.82, 2.24) is 9.78 Å². The van der Waals surface area contributed by atoms with E-state index in [4.69, 9.17) is 9.84 Å². The van der Waals surface area contributed by atoms with Crippen molar-refractivity contribution in [2.75, 3.05) is 6.23 Å². The van der Waals surface area contributed by atoms with Crippen molar-refractivity contribution < 1.29 is 14.6 Å². The predicted octanol–water partition coefficient (Wildman–Crippen LogP) is 1.67. The zero-order valence-corrected chi connectivity index (χ0v) is 9.52. The van der Waals surface area contributed by atoms with Crippen LogP contribution >= 0.6 is 0 Å². The van der Waals surface area contributed by atoms with Gasteiger partial charge in [-0.3, -0.25) is 0 Å². The monoisotopic (exact) mass is 214 g/mol. The second-order valence-electron chi connectivity index (χ2n) is 4.23. The number of ether oxygens (including phenoxy) is 1. The minimum absolute atomic E-state index is 0.370. The first-order valence-corrected chi connectivity index (χ1v) is 8.01. The van der Waals surface area contributed by atoms with E-state index in [1.54, 1.807) is 6.07 Å². The van der Waals surface area contributed by atoms with Gasteiger partial charge in [-0.05, 0) is 0 Å². The minimum Gasteiger partial charge on any atom is -0.480 e. The molecule has 0 amide bonds. The van der Waals surface area contributed by atoms with Gasteiger partial charge in [-0.25, -0.2) is 4.79 Å². The number of carboxylic acid groups (broad SMARTS) is 1. The Bertz CT molecular complexity index is 330. The van der Waals surface area contributed by atoms with E-state index in [0.717, 1.165) is 4.68 Å². The molecule has 0 saturated heterocycles. The summed E-state index contributed by atoms with van der Waals surface area (Å²) in [7, 11) is -1.28. The van der Waals surface area contributed by atoms with Gasteiger partial charge in [-0.15, -0.1) is 5.10 Å². The van der Waals surface area contributed by atoms with Crippen molar-refractivity contribution >= 4 is 14.2 Å². The van der Waals surface area contributed by atoms with Crippen LogP contribution in [-0.2, 0) is 0 Å². The SMILES string of the molecule is C[Si](C)(C)COc1ccn(C(=O)O)n1. The Morgan fingerprint density at radius 2 is 2.29 bits per heavy atom. The van der Waals surface area contributed by atoms with Crippen molar-refractivity contribution in [2.24, 2.45) is 0 Å². The van der Waals surface area contributed by atoms with Crippen molar-refractivity contribution in [3.63, 3.8) is 0 Å². The maximum absolute atomic E-state index is 10.5. The van der Waals surface area contributed by atoms with Gasteiger partial charge in [0.25, 0.3) is 0 Å². The summed E-state index contributed by atoms with van der Waals surface area (Å²) in [5.74, 6) is 0.370. The highest BCUT2D eigenvalue weighted by Gasteiger charge is 2.15. The van der Waals surface area contributed by atoms with E-state index in [1.165, 1.54) is 6.20 Å². The molecule has 6 heteroatoms. The third-order valence-corrected chi connectivity index (χ3v) is 2.42. The second-order valence-corrected chi connectivity index (χ2v) is 9.64. The van der Waals surface area contributed by atoms with Gasteiger partial charge in [0.1, 0.15) is 0 Å². The minimum atomic E-state index is -1.28. The smallest absolute Gasteiger partial charge is 0.432 e. The second kappa shape index (κ2) is 3.83. The number of nitrogens with zero attached hydrogens (tertiary/aromatic N) is 2. The first-order chi connectivity index (χ1) is 6.38. The lowest BCUT2D eigenvalue weighted by Gasteiger charge is -2.14. The van der Waals surface area contributed by atoms with E-state index in [9.17, 15) is 4.79 Å². The highest BCUT2D eigenvalue weighted by molar-refractivity contribution is 6.76. The van der Waals surface area contributed by atoms with Crippen LogP contribution in [0.2, 0.25) is 19.6 Å². The molecule has 0 bridgehead atoms. The van der Waals surface area contributed by atoms with E-state index < -0.39 is 14.2 Å². The van der Waals surface area contributed by atoms with Crippen LogP contribution in [0.4, 0.5) is 4.79 Å². The Kier molecular flexibility index (Phi) is 2.95. The topological polar surface area (TPSA) is 64.3 Å². The molecular weight excluding hydrogens is 200 g/mol. The first kappa shape index (κ1) is 10.8. The average Bonchev–Trinajstić information content (AvgIpc) is 2.47. The normalized spacial score (nSPS) is 11.4. The van der Waals surface area contributed by atoms with Gasteiger partial charge < -0.3 is 9.84 Å². The molecule has 5 nitrogen and oxygen atoms in total. The summed E-state index contributed by atoms with van der Waals surface area (Å²) in [6.45, 7) is 6.50. The lowest BCUT2D eigenvalue weighted by atomic mass is 10.7. The number of hydrogen-bond donors (Lipinski definition) is 1. The number of carbonyl (C=O) groups is 1. The molecule has 0 fully saturated rings. The van der Waals surface area contributed by atoms with Gasteiger partial charge in [-0.1, -0.05) is 19.6 Å². The van der Waals surface area contributed by atoms with Gasteiger partial charge in [0.05, 0.1) is 14.3 Å². The Morgan fingerprint density at radius 1 is 1.64 bits per heavy atom. The lowest BCUT2D eigenvalue weighted by molar-refractivity contribution is 0.192. The van der Waals surface area contributed by atoms with Gasteiger partial charge in [0.2, 0.25) is 5.88 Å². The van der Waals surface area contributed by atoms with Crippen LogP contribution in [0.5, 0.6) is 5.88 Å². The highest BCUT2D eigenvalue weighted by atomic mass is 28.3. The predicted molar refractivity (Wildman–Crippen MR) is 54.5 cm³/mol. The maximum atomic E-state index is 10.5. The quantitative estimate of drug-likeness (QED) is 0.777. The third kappa shape index (κ3) is 3.21. The molecule has 1 rings (SSSR count). The molecule has 78 valence electrons. The molecule has 0 atom stereocenters. The fourth-order valence-electron chi connectivity index (χ4n) is 0.781. The van der Waals surface area contributed by atoms with Crippen LogP contribution in [0.25, 0.3) is 0 Å². The van der Waals surface area contributed by atoms with Crippen molar-refractivity contribution in [3.8, 4) is 5.88 Å². The number of rotatable bonds is 3. The molecule has 1 aromatic heterocycles. The Hall–Kier alpha value is -1.30. The summed E-state index contributed by atoms with van der Waals surface area (Å²) < 4.78 is 6.20. The van der Waals surface area contributed by atoms with E-state index in [1.807, 2.05) is 0 Å². The van der Waals surface area contributed by atoms with E-state index in [-0.39, 0.29) is 0 Å². The van der Waals surface area contributed by atoms with Gasteiger partial charge in [0, 0.05) is 12.3 Å². The summed E-state index contributed by atoms with van der Waals surface area (Å²) in [5.41, 5.74) is 0. The number of hydrogen-bond acceptors (Lipinski definition) is 3. The number of aromatic nitrogens is 2. The maximum Gasteiger partial charge on any atom is 0.432 e. The fraction of sp³-hybridized carbons (Fsp3) is 0.500. The van der Waals surface area contributed by atoms with Gasteiger partial charge >= 0.3 is 6.09 Å². The average molecular weight is 214 g/mol. The molecule has 1 N–H and O–H groups in total. The molecule has 1 aromatic rings. The summed E-state index contributed by atoms with van der Waals surface area (Å²) in [5, 5.41) is 12.3. The Balaban J connectivity index is 2.56. The molecule has 14 heavy (non-hydrogen) atoms. The lowest BCUT2D eigenvalue weighted by Crippen LogP contribution is -2.30. The summed E-state index contributed by atoms with van der Waals surface area (Å²) >= 11 is 0. The largest absolute Gasteiger partial charge is 0.480 e. The molecule has 1 heterocycles. The van der Waals surface area contributed by atoms with E-state index in [2.05, 4.69) is 24.7 Å². The van der Waals surface area contributed by atoms with Gasteiger partial charge in [-0.2, -0.15) is 4.68 Å². The van der Waals surface area contributed by atoms with Crippen LogP contribution in [0.15, 0.2) is 12.3 Å². The molecule has 0 radical (unpaired) electrons. The molecule has 0 aliphatic heterocycles. The van der Waals surface area contributed by atoms with E-state index in [0.29, 0.717) is 12.1 Å². The van der Waals surface area contributed by atoms with Crippen LogP contribution in [0.1, 0.15) is 0 Å². The van der Waals surface area contributed by atoms with Gasteiger partial charge in [0.15, 0.2) is 0 Å². The molecule has 0 aliphatic carbocycles. The fourth-order valence-corrected chi connectivity index (χ4v) is 1.36.